The third-order valence-corrected chi connectivity index (χ3v) is 4.11. The molecule has 0 spiro atoms. The summed E-state index contributed by atoms with van der Waals surface area (Å²) in [6.45, 7) is 0. The van der Waals surface area contributed by atoms with E-state index >= 15 is 0 Å². The Bertz CT molecular complexity index is 693. The summed E-state index contributed by atoms with van der Waals surface area (Å²) in [5.74, 6) is -2.11. The fraction of sp³-hybridized carbons (Fsp3) is 0.312. The molecule has 0 bridgehead atoms. The third kappa shape index (κ3) is 2.59. The number of hydrogen-bond acceptors (Lipinski definition) is 3. The van der Waals surface area contributed by atoms with Crippen LogP contribution in [0, 0.1) is 11.8 Å². The van der Waals surface area contributed by atoms with E-state index in [1.165, 1.54) is 0 Å². The number of nitrogens with zero attached hydrogens (tertiary/aromatic N) is 1. The molecule has 1 fully saturated rings. The number of hydrogen-bond donors (Lipinski definition) is 2. The molecule has 1 aromatic heterocycles. The van der Waals surface area contributed by atoms with E-state index in [9.17, 15) is 14.7 Å². The summed E-state index contributed by atoms with van der Waals surface area (Å²) in [6, 6.07) is 7.50. The Labute approximate surface area is 122 Å². The molecule has 2 N–H and O–H groups in total. The number of aromatic nitrogens is 1. The molecule has 2 aromatic rings. The molecule has 0 radical (unpaired) electrons. The van der Waals surface area contributed by atoms with Gasteiger partial charge in [-0.2, -0.15) is 0 Å². The number of aliphatic carboxylic acids is 1. The number of carboxylic acid groups (broad SMARTS) is 1. The molecule has 21 heavy (non-hydrogen) atoms. The Kier molecular flexibility index (Phi) is 3.56. The quantitative estimate of drug-likeness (QED) is 0.908. The average Bonchev–Trinajstić information content (AvgIpc) is 2.97. The van der Waals surface area contributed by atoms with Gasteiger partial charge in [0.05, 0.1) is 17.5 Å². The molecule has 1 amide bonds. The summed E-state index contributed by atoms with van der Waals surface area (Å²) in [5, 5.41) is 13.9. The Balaban J connectivity index is 1.85. The number of benzene rings is 1. The van der Waals surface area contributed by atoms with Crippen LogP contribution in [0.5, 0.6) is 0 Å². The Morgan fingerprint density at radius 2 is 2.00 bits per heavy atom. The molecule has 1 aromatic carbocycles. The second-order valence-electron chi connectivity index (χ2n) is 5.37. The molecule has 2 unspecified atom stereocenters. The molecule has 1 heterocycles. The highest BCUT2D eigenvalue weighted by Gasteiger charge is 2.37. The zero-order valence-corrected chi connectivity index (χ0v) is 11.5. The molecule has 2 atom stereocenters. The molecule has 5 heteroatoms. The van der Waals surface area contributed by atoms with Crippen LogP contribution in [-0.2, 0) is 9.59 Å². The monoisotopic (exact) mass is 284 g/mol. The smallest absolute Gasteiger partial charge is 0.307 e. The van der Waals surface area contributed by atoms with Crippen LogP contribution in [-0.4, -0.2) is 22.0 Å². The van der Waals surface area contributed by atoms with E-state index in [1.54, 1.807) is 12.4 Å². The fourth-order valence-corrected chi connectivity index (χ4v) is 3.02. The fourth-order valence-electron chi connectivity index (χ4n) is 3.02. The lowest BCUT2D eigenvalue weighted by molar-refractivity contribution is -0.145. The van der Waals surface area contributed by atoms with Gasteiger partial charge in [-0.25, -0.2) is 0 Å². The molecule has 0 aliphatic heterocycles. The van der Waals surface area contributed by atoms with Crippen LogP contribution in [0.15, 0.2) is 36.7 Å². The molecule has 1 aliphatic rings. The van der Waals surface area contributed by atoms with Crippen LogP contribution < -0.4 is 5.32 Å². The van der Waals surface area contributed by atoms with Crippen molar-refractivity contribution in [2.45, 2.75) is 19.3 Å². The molecular formula is C16H16N2O3. The van der Waals surface area contributed by atoms with Gasteiger partial charge in [0.15, 0.2) is 0 Å². The second-order valence-corrected chi connectivity index (χ2v) is 5.37. The van der Waals surface area contributed by atoms with Crippen molar-refractivity contribution >= 4 is 28.3 Å². The van der Waals surface area contributed by atoms with Crippen molar-refractivity contribution < 1.29 is 14.7 Å². The number of amides is 1. The first-order valence-corrected chi connectivity index (χ1v) is 7.03. The number of pyridine rings is 1. The molecule has 1 saturated carbocycles. The highest BCUT2D eigenvalue weighted by atomic mass is 16.4. The van der Waals surface area contributed by atoms with E-state index in [4.69, 9.17) is 0 Å². The SMILES string of the molecule is O=C(O)C1CCCC1C(=O)Nc1cccc2ccncc12. The molecule has 0 saturated heterocycles. The van der Waals surface area contributed by atoms with Crippen LogP contribution in [0.4, 0.5) is 5.69 Å². The average molecular weight is 284 g/mol. The number of anilines is 1. The summed E-state index contributed by atoms with van der Waals surface area (Å²) in [5.41, 5.74) is 0.682. The highest BCUT2D eigenvalue weighted by molar-refractivity contribution is 6.03. The minimum Gasteiger partial charge on any atom is -0.481 e. The predicted molar refractivity (Wildman–Crippen MR) is 78.8 cm³/mol. The Morgan fingerprint density at radius 3 is 2.81 bits per heavy atom. The maximum absolute atomic E-state index is 12.4. The first kappa shape index (κ1) is 13.5. The number of fused-ring (bicyclic) bond motifs is 1. The van der Waals surface area contributed by atoms with Gasteiger partial charge in [-0.3, -0.25) is 14.6 Å². The van der Waals surface area contributed by atoms with Crippen molar-refractivity contribution in [3.8, 4) is 0 Å². The van der Waals surface area contributed by atoms with Gasteiger partial charge in [0.25, 0.3) is 0 Å². The van der Waals surface area contributed by atoms with Crippen LogP contribution >= 0.6 is 0 Å². The predicted octanol–water partition coefficient (Wildman–Crippen LogP) is 2.67. The summed E-state index contributed by atoms with van der Waals surface area (Å²) in [4.78, 5) is 27.6. The van der Waals surface area contributed by atoms with Crippen molar-refractivity contribution in [3.05, 3.63) is 36.7 Å². The number of rotatable bonds is 3. The summed E-state index contributed by atoms with van der Waals surface area (Å²) >= 11 is 0. The summed E-state index contributed by atoms with van der Waals surface area (Å²) in [7, 11) is 0. The molecule has 108 valence electrons. The van der Waals surface area contributed by atoms with Crippen LogP contribution in [0.1, 0.15) is 19.3 Å². The van der Waals surface area contributed by atoms with Crippen LogP contribution in [0.25, 0.3) is 10.8 Å². The van der Waals surface area contributed by atoms with Crippen molar-refractivity contribution in [3.63, 3.8) is 0 Å². The zero-order valence-electron chi connectivity index (χ0n) is 11.5. The maximum Gasteiger partial charge on any atom is 0.307 e. The minimum absolute atomic E-state index is 0.212. The van der Waals surface area contributed by atoms with E-state index in [0.717, 1.165) is 17.2 Å². The number of carbonyl (C=O) groups is 2. The molecule has 5 nitrogen and oxygen atoms in total. The van der Waals surface area contributed by atoms with Gasteiger partial charge < -0.3 is 10.4 Å². The minimum atomic E-state index is -0.882. The van der Waals surface area contributed by atoms with Crippen molar-refractivity contribution in [1.29, 1.82) is 0 Å². The van der Waals surface area contributed by atoms with Gasteiger partial charge in [0.2, 0.25) is 5.91 Å². The first-order chi connectivity index (χ1) is 10.2. The largest absolute Gasteiger partial charge is 0.481 e. The van der Waals surface area contributed by atoms with Gasteiger partial charge in [0, 0.05) is 17.8 Å². The van der Waals surface area contributed by atoms with E-state index in [2.05, 4.69) is 10.3 Å². The summed E-state index contributed by atoms with van der Waals surface area (Å²) in [6.07, 6.45) is 5.39. The Morgan fingerprint density at radius 1 is 1.19 bits per heavy atom. The first-order valence-electron chi connectivity index (χ1n) is 7.03. The maximum atomic E-state index is 12.4. The number of carboxylic acids is 1. The van der Waals surface area contributed by atoms with Gasteiger partial charge in [-0.15, -0.1) is 0 Å². The number of carbonyl (C=O) groups excluding carboxylic acids is 1. The third-order valence-electron chi connectivity index (χ3n) is 4.11. The second kappa shape index (κ2) is 5.52. The molecule has 1 aliphatic carbocycles. The van der Waals surface area contributed by atoms with Gasteiger partial charge >= 0.3 is 5.97 Å². The normalized spacial score (nSPS) is 21.3. The van der Waals surface area contributed by atoms with Crippen molar-refractivity contribution in [2.24, 2.45) is 11.8 Å². The van der Waals surface area contributed by atoms with E-state index < -0.39 is 17.8 Å². The van der Waals surface area contributed by atoms with E-state index in [1.807, 2.05) is 24.3 Å². The Hall–Kier alpha value is -2.43. The van der Waals surface area contributed by atoms with Crippen LogP contribution in [0.3, 0.4) is 0 Å². The lowest BCUT2D eigenvalue weighted by Crippen LogP contribution is -2.30. The highest BCUT2D eigenvalue weighted by Crippen LogP contribution is 2.33. The van der Waals surface area contributed by atoms with Gasteiger partial charge in [-0.1, -0.05) is 18.6 Å². The lowest BCUT2D eigenvalue weighted by Gasteiger charge is -2.16. The van der Waals surface area contributed by atoms with E-state index in [-0.39, 0.29) is 5.91 Å². The van der Waals surface area contributed by atoms with Gasteiger partial charge in [0.1, 0.15) is 0 Å². The molecule has 3 rings (SSSR count). The molecular weight excluding hydrogens is 268 g/mol. The van der Waals surface area contributed by atoms with Gasteiger partial charge in [-0.05, 0) is 30.4 Å². The zero-order chi connectivity index (χ0) is 14.8. The van der Waals surface area contributed by atoms with Crippen molar-refractivity contribution in [2.75, 3.05) is 5.32 Å². The van der Waals surface area contributed by atoms with E-state index in [0.29, 0.717) is 18.5 Å². The standard InChI is InChI=1S/C16H16N2O3/c19-15(11-4-2-5-12(11)16(20)21)18-14-6-1-3-10-7-8-17-9-13(10)14/h1,3,6-9,11-12H,2,4-5H2,(H,18,19)(H,20,21). The summed E-state index contributed by atoms with van der Waals surface area (Å²) < 4.78 is 0. The topological polar surface area (TPSA) is 79.3 Å². The number of nitrogens with one attached hydrogen (secondary N) is 1. The van der Waals surface area contributed by atoms with Crippen LogP contribution in [0.2, 0.25) is 0 Å². The lowest BCUT2D eigenvalue weighted by atomic mass is 9.95. The van der Waals surface area contributed by atoms with Crippen molar-refractivity contribution in [1.82, 2.24) is 4.98 Å².